The fourth-order valence-electron chi connectivity index (χ4n) is 5.29. The second-order valence-corrected chi connectivity index (χ2v) is 17.6. The standard InChI is InChI=1S/C30H27N7O15S3.C6H8O7/c38-35-28(53-52-48-22-10-4-1-5-11-22)25(31-49-35)45-19-16-34(17-20-46-26-29(36(39)50-32-26)54(41,42)23-12-6-2-7-13-23)18-21-47-27-30(37(40)51-33-27)55(43,44)24-14-8-3-9-15-24;7-3(8)1-6(13,5(11)12)2-4(9)10/h1-15H,16-21H2;13H,1-2H2,(H,7,8)(H,9,10)(H,11,12). The van der Waals surface area contributed by atoms with Gasteiger partial charge in [-0.15, -0.1) is 4.33 Å². The number of ether oxygens (including phenoxy) is 3. The molecule has 364 valence electrons. The molecule has 3 aromatic heterocycles. The van der Waals surface area contributed by atoms with Gasteiger partial charge >= 0.3 is 50.6 Å². The van der Waals surface area contributed by atoms with E-state index in [1.807, 2.05) is 0 Å². The van der Waals surface area contributed by atoms with E-state index in [0.29, 0.717) is 17.8 Å². The number of hydrogen-bond donors (Lipinski definition) is 4. The van der Waals surface area contributed by atoms with Crippen LogP contribution < -0.4 is 33.8 Å². The van der Waals surface area contributed by atoms with Crippen molar-refractivity contribution < 1.29 is 104 Å². The largest absolute Gasteiger partial charge is 0.481 e. The van der Waals surface area contributed by atoms with Crippen molar-refractivity contribution in [3.05, 3.63) is 107 Å². The Labute approximate surface area is 385 Å². The van der Waals surface area contributed by atoms with Crippen LogP contribution in [0.25, 0.3) is 0 Å². The van der Waals surface area contributed by atoms with Crippen molar-refractivity contribution >= 4 is 49.6 Å². The SMILES string of the molecule is O=C(O)CC(O)(CC(=O)O)C(=O)O.O=S(=O)(c1ccccc1)c1c(OCCN(CCOc2no[n+]([O-])c2SOOc2ccccc2)CCOc2no[n+]([O-])c2S(=O)(=O)c2ccccc2)no[n+]1[O-]. The molecule has 3 aromatic carbocycles. The molecule has 0 spiro atoms. The summed E-state index contributed by atoms with van der Waals surface area (Å²) < 4.78 is 88.1. The number of rotatable bonds is 25. The normalized spacial score (nSPS) is 11.6. The third-order valence-corrected chi connectivity index (χ3v) is 12.5. The molecule has 6 aromatic rings. The zero-order valence-corrected chi connectivity index (χ0v) is 36.8. The Morgan fingerprint density at radius 1 is 0.618 bits per heavy atom. The average Bonchev–Trinajstić information content (AvgIpc) is 3.99. The summed E-state index contributed by atoms with van der Waals surface area (Å²) in [5, 5.41) is 79.1. The lowest BCUT2D eigenvalue weighted by Crippen LogP contribution is -2.42. The molecule has 68 heavy (non-hydrogen) atoms. The summed E-state index contributed by atoms with van der Waals surface area (Å²) in [6.07, 6.45) is -2.29. The first-order valence-corrected chi connectivity index (χ1v) is 22.5. The highest BCUT2D eigenvalue weighted by molar-refractivity contribution is 7.94. The van der Waals surface area contributed by atoms with Crippen LogP contribution in [-0.4, -0.2) is 121 Å². The molecule has 29 nitrogen and oxygen atoms in total. The summed E-state index contributed by atoms with van der Waals surface area (Å²) in [6.45, 7) is -0.717. The van der Waals surface area contributed by atoms with Gasteiger partial charge in [0.15, 0.2) is 11.4 Å². The number of carboxylic acids is 3. The van der Waals surface area contributed by atoms with Crippen molar-refractivity contribution in [2.75, 3.05) is 39.5 Å². The smallest absolute Gasteiger partial charge is 0.415 e. The topological polar surface area (TPSA) is 409 Å². The molecule has 3 heterocycles. The maximum Gasteiger partial charge on any atom is 0.415 e. The van der Waals surface area contributed by atoms with E-state index in [4.69, 9.17) is 43.9 Å². The Hall–Kier alpha value is -7.78. The molecular weight excluding hydrogens is 979 g/mol. The van der Waals surface area contributed by atoms with Crippen LogP contribution in [0.3, 0.4) is 0 Å². The van der Waals surface area contributed by atoms with Gasteiger partial charge in [0.1, 0.15) is 31.9 Å². The number of aliphatic hydroxyl groups is 1. The summed E-state index contributed by atoms with van der Waals surface area (Å²) in [5.74, 6) is -6.12. The molecule has 0 saturated heterocycles. The molecule has 0 aliphatic heterocycles. The van der Waals surface area contributed by atoms with Gasteiger partial charge in [-0.1, -0.05) is 54.6 Å². The second kappa shape index (κ2) is 23.1. The molecule has 0 aliphatic rings. The molecule has 0 radical (unpaired) electrons. The molecule has 0 bridgehead atoms. The third-order valence-electron chi connectivity index (χ3n) is 8.47. The fraction of sp³-hybridized carbons (Fsp3) is 0.250. The Bertz CT molecular complexity index is 2710. The van der Waals surface area contributed by atoms with Crippen molar-refractivity contribution in [1.29, 1.82) is 0 Å². The number of aliphatic carboxylic acids is 3. The molecule has 0 unspecified atom stereocenters. The van der Waals surface area contributed by atoms with Gasteiger partial charge in [0.2, 0.25) is 0 Å². The van der Waals surface area contributed by atoms with Gasteiger partial charge in [-0.25, -0.2) is 21.6 Å². The maximum atomic E-state index is 13.2. The lowest BCUT2D eigenvalue weighted by molar-refractivity contribution is -0.832. The Morgan fingerprint density at radius 2 is 1.00 bits per heavy atom. The van der Waals surface area contributed by atoms with Crippen molar-refractivity contribution in [2.24, 2.45) is 0 Å². The van der Waals surface area contributed by atoms with Crippen LogP contribution in [-0.2, 0) is 38.4 Å². The number of benzene rings is 3. The molecule has 4 N–H and O–H groups in total. The Balaban J connectivity index is 0.000000580. The summed E-state index contributed by atoms with van der Waals surface area (Å²) in [4.78, 5) is 36.3. The van der Waals surface area contributed by atoms with Crippen LogP contribution in [0.5, 0.6) is 23.4 Å². The van der Waals surface area contributed by atoms with Crippen LogP contribution in [0, 0.1) is 15.6 Å². The van der Waals surface area contributed by atoms with Crippen LogP contribution in [0.15, 0.2) is 130 Å². The van der Waals surface area contributed by atoms with E-state index >= 15 is 0 Å². The highest BCUT2D eigenvalue weighted by Crippen LogP contribution is 2.28. The summed E-state index contributed by atoms with van der Waals surface area (Å²) in [5.41, 5.74) is -2.74. The van der Waals surface area contributed by atoms with E-state index in [0.717, 1.165) is 0 Å². The van der Waals surface area contributed by atoms with Gasteiger partial charge in [-0.3, -0.25) is 28.4 Å². The second-order valence-electron chi connectivity index (χ2n) is 13.2. The first-order valence-electron chi connectivity index (χ1n) is 18.8. The number of aromatic nitrogens is 6. The highest BCUT2D eigenvalue weighted by Gasteiger charge is 2.41. The third kappa shape index (κ3) is 13.4. The van der Waals surface area contributed by atoms with Gasteiger partial charge in [0, 0.05) is 19.6 Å². The first-order chi connectivity index (χ1) is 32.3. The molecule has 32 heteroatoms. The van der Waals surface area contributed by atoms with Crippen LogP contribution in [0.4, 0.5) is 0 Å². The number of sulfone groups is 2. The van der Waals surface area contributed by atoms with E-state index in [9.17, 15) is 46.8 Å². The maximum absolute atomic E-state index is 13.2. The first kappa shape index (κ1) is 51.2. The predicted molar refractivity (Wildman–Crippen MR) is 214 cm³/mol. The summed E-state index contributed by atoms with van der Waals surface area (Å²) in [6, 6.07) is 22.6. The van der Waals surface area contributed by atoms with Gasteiger partial charge in [0.05, 0.1) is 38.1 Å². The lowest BCUT2D eigenvalue weighted by atomic mass is 9.96. The number of hydrogen-bond acceptors (Lipinski definition) is 24. The lowest BCUT2D eigenvalue weighted by Gasteiger charge is -2.21. The Morgan fingerprint density at radius 3 is 1.41 bits per heavy atom. The monoisotopic (exact) mass is 1010 g/mol. The van der Waals surface area contributed by atoms with Gasteiger partial charge in [0.25, 0.3) is 19.7 Å². The van der Waals surface area contributed by atoms with Crippen LogP contribution >= 0.6 is 12.0 Å². The van der Waals surface area contributed by atoms with Crippen molar-refractivity contribution in [3.63, 3.8) is 0 Å². The van der Waals surface area contributed by atoms with Crippen LogP contribution in [0.2, 0.25) is 0 Å². The minimum absolute atomic E-state index is 0.0190. The zero-order chi connectivity index (χ0) is 49.5. The van der Waals surface area contributed by atoms with E-state index in [-0.39, 0.29) is 74.9 Å². The van der Waals surface area contributed by atoms with Crippen LogP contribution in [0.1, 0.15) is 12.8 Å². The number of carboxylic acid groups (broad SMARTS) is 3. The van der Waals surface area contributed by atoms with Crippen molar-refractivity contribution in [2.45, 2.75) is 43.3 Å². The quantitative estimate of drug-likeness (QED) is 0.0250. The Kier molecular flexibility index (Phi) is 17.4. The van der Waals surface area contributed by atoms with Crippen molar-refractivity contribution in [3.8, 4) is 23.4 Å². The zero-order valence-electron chi connectivity index (χ0n) is 34.3. The van der Waals surface area contributed by atoms with Crippen molar-refractivity contribution in [1.82, 2.24) is 20.4 Å². The molecule has 6 rings (SSSR count). The minimum atomic E-state index is -4.40. The van der Waals surface area contributed by atoms with Gasteiger partial charge in [-0.2, -0.15) is 0 Å². The molecule has 0 fully saturated rings. The minimum Gasteiger partial charge on any atom is -0.481 e. The predicted octanol–water partition coefficient (Wildman–Crippen LogP) is -0.176. The highest BCUT2D eigenvalue weighted by atomic mass is 32.2. The van der Waals surface area contributed by atoms with E-state index in [1.54, 1.807) is 47.4 Å². The molecule has 0 aliphatic carbocycles. The van der Waals surface area contributed by atoms with E-state index in [2.05, 4.69) is 29.4 Å². The fourth-order valence-corrected chi connectivity index (χ4v) is 8.32. The number of carbonyl (C=O) groups is 3. The molecule has 0 amide bonds. The molecular formula is C36H35N7O22S3. The summed E-state index contributed by atoms with van der Waals surface area (Å²) in [7, 11) is -8.80. The summed E-state index contributed by atoms with van der Waals surface area (Å²) >= 11 is 0.473. The average molecular weight is 1010 g/mol. The molecule has 0 atom stereocenters. The van der Waals surface area contributed by atoms with E-state index < -0.39 is 77.8 Å². The number of nitrogens with zero attached hydrogens (tertiary/aromatic N) is 7. The molecule has 0 saturated carbocycles. The van der Waals surface area contributed by atoms with Gasteiger partial charge < -0.3 is 55.1 Å². The van der Waals surface area contributed by atoms with E-state index in [1.165, 1.54) is 48.5 Å². The number of para-hydroxylation sites is 1. The van der Waals surface area contributed by atoms with Gasteiger partial charge in [-0.05, 0) is 51.1 Å².